The standard InChI is InChI=1S/C28H31N9O/c1-34-12-14-36(15-13-34)22-8-6-21(7-9-22)32-27-31-17-20-18-37(28(38)35(2)26(20)33-27)24-10-11-30-25-19(16-29)4-3-5-23(24)25/h3-9,17,24,30H,10-15,18H2,1-2H3,(H,31,32,33). The quantitative estimate of drug-likeness (QED) is 0.548. The predicted octanol–water partition coefficient (Wildman–Crippen LogP) is 3.77. The molecule has 0 saturated carbocycles. The average Bonchev–Trinajstić information content (AvgIpc) is 2.95. The Bertz CT molecular complexity index is 1390. The lowest BCUT2D eigenvalue weighted by Gasteiger charge is -2.41. The number of anilines is 5. The number of nitriles is 1. The first-order valence-electron chi connectivity index (χ1n) is 13.0. The SMILES string of the molecule is CN1CCN(c2ccc(Nc3ncc4c(n3)N(C)C(=O)N(C3CCNc5c(C#N)cccc53)C4)cc2)CC1. The van der Waals surface area contributed by atoms with Gasteiger partial charge in [-0.1, -0.05) is 12.1 Å². The molecule has 3 aliphatic rings. The minimum Gasteiger partial charge on any atom is -0.384 e. The second kappa shape index (κ2) is 9.84. The molecule has 10 nitrogen and oxygen atoms in total. The fourth-order valence-corrected chi connectivity index (χ4v) is 5.54. The molecule has 2 amide bonds. The number of amides is 2. The van der Waals surface area contributed by atoms with E-state index in [1.165, 1.54) is 5.69 Å². The first-order chi connectivity index (χ1) is 18.5. The zero-order valence-electron chi connectivity index (χ0n) is 21.7. The number of urea groups is 1. The van der Waals surface area contributed by atoms with Crippen LogP contribution in [0.2, 0.25) is 0 Å². The lowest BCUT2D eigenvalue weighted by Crippen LogP contribution is -2.48. The molecule has 0 aliphatic carbocycles. The van der Waals surface area contributed by atoms with Gasteiger partial charge in [-0.3, -0.25) is 4.90 Å². The highest BCUT2D eigenvalue weighted by Gasteiger charge is 2.37. The number of carbonyl (C=O) groups is 1. The third-order valence-electron chi connectivity index (χ3n) is 7.70. The Labute approximate surface area is 222 Å². The third-order valence-corrected chi connectivity index (χ3v) is 7.70. The zero-order valence-corrected chi connectivity index (χ0v) is 21.7. The smallest absolute Gasteiger partial charge is 0.326 e. The average molecular weight is 510 g/mol. The minimum absolute atomic E-state index is 0.112. The third kappa shape index (κ3) is 4.35. The molecule has 1 unspecified atom stereocenters. The molecule has 10 heteroatoms. The van der Waals surface area contributed by atoms with Gasteiger partial charge < -0.3 is 25.3 Å². The van der Waals surface area contributed by atoms with E-state index in [0.717, 1.165) is 55.1 Å². The van der Waals surface area contributed by atoms with Gasteiger partial charge in [0.05, 0.1) is 23.8 Å². The van der Waals surface area contributed by atoms with E-state index in [4.69, 9.17) is 4.98 Å². The summed E-state index contributed by atoms with van der Waals surface area (Å²) in [5.74, 6) is 1.06. The molecule has 1 saturated heterocycles. The number of nitrogens with one attached hydrogen (secondary N) is 2. The largest absolute Gasteiger partial charge is 0.384 e. The van der Waals surface area contributed by atoms with Crippen LogP contribution in [0, 0.1) is 11.3 Å². The first kappa shape index (κ1) is 24.0. The Morgan fingerprint density at radius 3 is 2.63 bits per heavy atom. The van der Waals surface area contributed by atoms with E-state index in [0.29, 0.717) is 30.4 Å². The van der Waals surface area contributed by atoms with Crippen LogP contribution in [0.4, 0.5) is 33.6 Å². The summed E-state index contributed by atoms with van der Waals surface area (Å²) in [4.78, 5) is 31.0. The molecule has 0 radical (unpaired) electrons. The second-order valence-electron chi connectivity index (χ2n) is 10.1. The van der Waals surface area contributed by atoms with E-state index in [2.05, 4.69) is 50.7 Å². The normalized spacial score (nSPS) is 19.3. The number of para-hydroxylation sites is 1. The number of hydrogen-bond donors (Lipinski definition) is 2. The van der Waals surface area contributed by atoms with Crippen LogP contribution >= 0.6 is 0 Å². The fourth-order valence-electron chi connectivity index (χ4n) is 5.54. The molecule has 6 rings (SSSR count). The van der Waals surface area contributed by atoms with Crippen molar-refractivity contribution >= 4 is 34.9 Å². The maximum absolute atomic E-state index is 13.5. The number of aromatic nitrogens is 2. The van der Waals surface area contributed by atoms with Gasteiger partial charge in [-0.25, -0.2) is 9.78 Å². The van der Waals surface area contributed by atoms with Crippen molar-refractivity contribution in [3.63, 3.8) is 0 Å². The second-order valence-corrected chi connectivity index (χ2v) is 10.1. The number of fused-ring (bicyclic) bond motifs is 2. The first-order valence-corrected chi connectivity index (χ1v) is 13.0. The summed E-state index contributed by atoms with van der Waals surface area (Å²) in [5, 5.41) is 16.1. The summed E-state index contributed by atoms with van der Waals surface area (Å²) < 4.78 is 0. The van der Waals surface area contributed by atoms with Crippen LogP contribution < -0.4 is 20.4 Å². The van der Waals surface area contributed by atoms with Crippen molar-refractivity contribution in [2.45, 2.75) is 19.0 Å². The van der Waals surface area contributed by atoms with Crippen molar-refractivity contribution in [2.75, 3.05) is 67.3 Å². The molecule has 2 N–H and O–H groups in total. The summed E-state index contributed by atoms with van der Waals surface area (Å²) in [5.41, 5.74) is 5.39. The van der Waals surface area contributed by atoms with E-state index in [9.17, 15) is 10.1 Å². The summed E-state index contributed by atoms with van der Waals surface area (Å²) >= 11 is 0. The summed E-state index contributed by atoms with van der Waals surface area (Å²) in [6.07, 6.45) is 2.56. The molecule has 194 valence electrons. The van der Waals surface area contributed by atoms with Crippen molar-refractivity contribution in [2.24, 2.45) is 0 Å². The minimum atomic E-state index is -0.126. The summed E-state index contributed by atoms with van der Waals surface area (Å²) in [7, 11) is 3.91. The number of piperazine rings is 1. The van der Waals surface area contributed by atoms with Crippen molar-refractivity contribution < 1.29 is 4.79 Å². The van der Waals surface area contributed by atoms with Gasteiger partial charge in [0.25, 0.3) is 0 Å². The van der Waals surface area contributed by atoms with Crippen LogP contribution in [0.15, 0.2) is 48.7 Å². The zero-order chi connectivity index (χ0) is 26.2. The van der Waals surface area contributed by atoms with Gasteiger partial charge in [-0.05, 0) is 49.4 Å². The number of nitrogens with zero attached hydrogens (tertiary/aromatic N) is 7. The molecule has 0 bridgehead atoms. The molecular formula is C28H31N9O. The number of likely N-dealkylation sites (N-methyl/N-ethyl adjacent to an activating group) is 1. The molecular weight excluding hydrogens is 478 g/mol. The summed E-state index contributed by atoms with van der Waals surface area (Å²) in [6, 6.07) is 16.0. The van der Waals surface area contributed by atoms with Crippen LogP contribution in [-0.2, 0) is 6.54 Å². The summed E-state index contributed by atoms with van der Waals surface area (Å²) in [6.45, 7) is 5.30. The van der Waals surface area contributed by atoms with Gasteiger partial charge >= 0.3 is 6.03 Å². The molecule has 4 heterocycles. The van der Waals surface area contributed by atoms with Gasteiger partial charge in [0.2, 0.25) is 5.95 Å². The predicted molar refractivity (Wildman–Crippen MR) is 148 cm³/mol. The van der Waals surface area contributed by atoms with Crippen molar-refractivity contribution in [1.29, 1.82) is 5.26 Å². The van der Waals surface area contributed by atoms with E-state index in [1.807, 2.05) is 29.2 Å². The molecule has 3 aromatic rings. The van der Waals surface area contributed by atoms with Crippen LogP contribution in [0.25, 0.3) is 0 Å². The highest BCUT2D eigenvalue weighted by molar-refractivity contribution is 5.94. The van der Waals surface area contributed by atoms with Crippen molar-refractivity contribution in [3.05, 3.63) is 65.4 Å². The van der Waals surface area contributed by atoms with E-state index < -0.39 is 0 Å². The lowest BCUT2D eigenvalue weighted by molar-refractivity contribution is 0.170. The molecule has 1 aromatic heterocycles. The van der Waals surface area contributed by atoms with Gasteiger partial charge in [-0.15, -0.1) is 0 Å². The lowest BCUT2D eigenvalue weighted by atomic mass is 9.93. The van der Waals surface area contributed by atoms with Crippen LogP contribution in [0.5, 0.6) is 0 Å². The van der Waals surface area contributed by atoms with E-state index >= 15 is 0 Å². The van der Waals surface area contributed by atoms with Gasteiger partial charge in [0.1, 0.15) is 11.9 Å². The molecule has 1 atom stereocenters. The molecule has 3 aliphatic heterocycles. The monoisotopic (exact) mass is 509 g/mol. The Balaban J connectivity index is 1.20. The van der Waals surface area contributed by atoms with Crippen LogP contribution in [-0.4, -0.2) is 72.6 Å². The molecule has 0 spiro atoms. The fraction of sp³-hybridized carbons (Fsp3) is 0.357. The molecule has 2 aromatic carbocycles. The van der Waals surface area contributed by atoms with Crippen LogP contribution in [0.3, 0.4) is 0 Å². The Hall–Kier alpha value is -4.36. The number of rotatable bonds is 4. The van der Waals surface area contributed by atoms with Gasteiger partial charge in [-0.2, -0.15) is 10.2 Å². The maximum Gasteiger partial charge on any atom is 0.326 e. The van der Waals surface area contributed by atoms with E-state index in [-0.39, 0.29) is 12.1 Å². The maximum atomic E-state index is 13.5. The van der Waals surface area contributed by atoms with Gasteiger partial charge in [0, 0.05) is 62.9 Å². The van der Waals surface area contributed by atoms with Crippen LogP contribution in [0.1, 0.15) is 29.2 Å². The number of benzene rings is 2. The Kier molecular flexibility index (Phi) is 6.21. The Morgan fingerprint density at radius 2 is 1.87 bits per heavy atom. The van der Waals surface area contributed by atoms with Gasteiger partial charge in [0.15, 0.2) is 0 Å². The van der Waals surface area contributed by atoms with E-state index in [1.54, 1.807) is 24.2 Å². The highest BCUT2D eigenvalue weighted by atomic mass is 16.2. The molecule has 38 heavy (non-hydrogen) atoms. The van der Waals surface area contributed by atoms with Crippen molar-refractivity contribution in [1.82, 2.24) is 19.8 Å². The molecule has 1 fully saturated rings. The number of carbonyl (C=O) groups excluding carboxylic acids is 1. The topological polar surface area (TPSA) is 104 Å². The number of hydrogen-bond acceptors (Lipinski definition) is 8. The highest BCUT2D eigenvalue weighted by Crippen LogP contribution is 2.40. The Morgan fingerprint density at radius 1 is 1.08 bits per heavy atom. The van der Waals surface area contributed by atoms with Crippen molar-refractivity contribution in [3.8, 4) is 6.07 Å².